The quantitative estimate of drug-likeness (QED) is 0.464. The molecule has 0 aromatic carbocycles. The van der Waals surface area contributed by atoms with Gasteiger partial charge in [0.15, 0.2) is 0 Å². The Morgan fingerprint density at radius 3 is 2.91 bits per heavy atom. The van der Waals surface area contributed by atoms with Crippen LogP contribution >= 0.6 is 0 Å². The molecule has 11 heavy (non-hydrogen) atoms. The molecule has 0 aromatic rings. The van der Waals surface area contributed by atoms with Gasteiger partial charge in [-0.3, -0.25) is 5.41 Å². The lowest BCUT2D eigenvalue weighted by Gasteiger charge is -2.13. The molecule has 1 heterocycles. The van der Waals surface area contributed by atoms with Crippen LogP contribution in [-0.4, -0.2) is 30.4 Å². The fourth-order valence-corrected chi connectivity index (χ4v) is 1.51. The van der Waals surface area contributed by atoms with Gasteiger partial charge < -0.3 is 10.6 Å². The summed E-state index contributed by atoms with van der Waals surface area (Å²) in [5.41, 5.74) is 5.26. The highest BCUT2D eigenvalue weighted by Crippen LogP contribution is 2.14. The van der Waals surface area contributed by atoms with Gasteiger partial charge in [0.1, 0.15) is 0 Å². The Morgan fingerprint density at radius 2 is 2.45 bits per heavy atom. The smallest absolute Gasteiger partial charge is 0.0918 e. The van der Waals surface area contributed by atoms with Gasteiger partial charge in [-0.1, -0.05) is 6.92 Å². The standard InChI is InChI=1S/C8H17N3/c1-7-2-4-11(6-7)5-3-8(9)10/h7H,2-6H2,1H3,(H3,9,10). The van der Waals surface area contributed by atoms with E-state index in [0.29, 0.717) is 5.84 Å². The molecule has 1 saturated heterocycles. The minimum Gasteiger partial charge on any atom is -0.388 e. The maximum absolute atomic E-state index is 7.06. The lowest BCUT2D eigenvalue weighted by molar-refractivity contribution is 0.337. The molecule has 0 radical (unpaired) electrons. The van der Waals surface area contributed by atoms with Crippen LogP contribution in [0.3, 0.4) is 0 Å². The molecule has 3 N–H and O–H groups in total. The monoisotopic (exact) mass is 155 g/mol. The fourth-order valence-electron chi connectivity index (χ4n) is 1.51. The zero-order valence-corrected chi connectivity index (χ0v) is 7.14. The number of amidine groups is 1. The third-order valence-electron chi connectivity index (χ3n) is 2.21. The number of rotatable bonds is 3. The number of hydrogen-bond acceptors (Lipinski definition) is 2. The van der Waals surface area contributed by atoms with Gasteiger partial charge >= 0.3 is 0 Å². The number of nitrogens with two attached hydrogens (primary N) is 1. The van der Waals surface area contributed by atoms with Crippen molar-refractivity contribution in [2.75, 3.05) is 19.6 Å². The lowest BCUT2D eigenvalue weighted by Crippen LogP contribution is -2.25. The van der Waals surface area contributed by atoms with Crippen molar-refractivity contribution in [2.24, 2.45) is 11.7 Å². The third-order valence-corrected chi connectivity index (χ3v) is 2.21. The fraction of sp³-hybridized carbons (Fsp3) is 0.875. The van der Waals surface area contributed by atoms with Crippen LogP contribution in [0, 0.1) is 11.3 Å². The average molecular weight is 155 g/mol. The summed E-state index contributed by atoms with van der Waals surface area (Å²) >= 11 is 0. The van der Waals surface area contributed by atoms with Gasteiger partial charge in [-0.25, -0.2) is 0 Å². The van der Waals surface area contributed by atoms with E-state index in [1.165, 1.54) is 19.5 Å². The Balaban J connectivity index is 2.13. The van der Waals surface area contributed by atoms with Crippen molar-refractivity contribution >= 4 is 5.84 Å². The summed E-state index contributed by atoms with van der Waals surface area (Å²) < 4.78 is 0. The molecule has 1 rings (SSSR count). The minimum atomic E-state index is 0.310. The first-order chi connectivity index (χ1) is 5.18. The molecular weight excluding hydrogens is 138 g/mol. The molecule has 0 saturated carbocycles. The molecule has 0 amide bonds. The molecule has 0 aromatic heterocycles. The molecular formula is C8H17N3. The van der Waals surface area contributed by atoms with E-state index in [2.05, 4.69) is 11.8 Å². The Morgan fingerprint density at radius 1 is 1.73 bits per heavy atom. The van der Waals surface area contributed by atoms with Gasteiger partial charge in [-0.2, -0.15) is 0 Å². The largest absolute Gasteiger partial charge is 0.388 e. The minimum absolute atomic E-state index is 0.310. The predicted octanol–water partition coefficient (Wildman–Crippen LogP) is 0.654. The number of nitrogens with one attached hydrogen (secondary N) is 1. The number of likely N-dealkylation sites (tertiary alicyclic amines) is 1. The highest BCUT2D eigenvalue weighted by atomic mass is 15.1. The van der Waals surface area contributed by atoms with Gasteiger partial charge in [-0.15, -0.1) is 0 Å². The van der Waals surface area contributed by atoms with E-state index < -0.39 is 0 Å². The van der Waals surface area contributed by atoms with Gasteiger partial charge in [0.2, 0.25) is 0 Å². The molecule has 0 spiro atoms. The first kappa shape index (κ1) is 8.53. The highest BCUT2D eigenvalue weighted by molar-refractivity contribution is 5.76. The molecule has 0 bridgehead atoms. The summed E-state index contributed by atoms with van der Waals surface area (Å²) in [4.78, 5) is 2.38. The summed E-state index contributed by atoms with van der Waals surface area (Å²) in [7, 11) is 0. The SMILES string of the molecule is CC1CCN(CCC(=N)N)C1. The second-order valence-corrected chi connectivity index (χ2v) is 3.47. The van der Waals surface area contributed by atoms with Crippen LogP contribution in [0.2, 0.25) is 0 Å². The molecule has 1 aliphatic heterocycles. The highest BCUT2D eigenvalue weighted by Gasteiger charge is 2.17. The molecule has 0 aliphatic carbocycles. The van der Waals surface area contributed by atoms with Crippen molar-refractivity contribution in [1.82, 2.24) is 4.90 Å². The van der Waals surface area contributed by atoms with Crippen molar-refractivity contribution in [3.63, 3.8) is 0 Å². The first-order valence-corrected chi connectivity index (χ1v) is 4.23. The Hall–Kier alpha value is -0.570. The zero-order valence-electron chi connectivity index (χ0n) is 7.14. The zero-order chi connectivity index (χ0) is 8.27. The Bertz CT molecular complexity index is 144. The Labute approximate surface area is 68.1 Å². The van der Waals surface area contributed by atoms with E-state index in [0.717, 1.165) is 18.9 Å². The average Bonchev–Trinajstić information content (AvgIpc) is 2.31. The third kappa shape index (κ3) is 2.89. The molecule has 1 atom stereocenters. The van der Waals surface area contributed by atoms with Crippen molar-refractivity contribution in [2.45, 2.75) is 19.8 Å². The van der Waals surface area contributed by atoms with E-state index in [9.17, 15) is 0 Å². The van der Waals surface area contributed by atoms with Gasteiger partial charge in [0, 0.05) is 19.5 Å². The van der Waals surface area contributed by atoms with E-state index in [4.69, 9.17) is 11.1 Å². The van der Waals surface area contributed by atoms with Crippen molar-refractivity contribution in [3.05, 3.63) is 0 Å². The molecule has 1 unspecified atom stereocenters. The maximum atomic E-state index is 7.06. The topological polar surface area (TPSA) is 53.1 Å². The van der Waals surface area contributed by atoms with Crippen LogP contribution in [0.4, 0.5) is 0 Å². The van der Waals surface area contributed by atoms with Crippen LogP contribution in [0.5, 0.6) is 0 Å². The molecule has 1 fully saturated rings. The van der Waals surface area contributed by atoms with Crippen molar-refractivity contribution < 1.29 is 0 Å². The summed E-state index contributed by atoms with van der Waals surface area (Å²) in [5.74, 6) is 1.14. The number of nitrogens with zero attached hydrogens (tertiary/aromatic N) is 1. The van der Waals surface area contributed by atoms with Crippen LogP contribution in [-0.2, 0) is 0 Å². The summed E-state index contributed by atoms with van der Waals surface area (Å²) in [6.45, 7) is 5.62. The molecule has 3 nitrogen and oxygen atoms in total. The van der Waals surface area contributed by atoms with Crippen molar-refractivity contribution in [1.29, 1.82) is 5.41 Å². The summed E-state index contributed by atoms with van der Waals surface area (Å²) in [6.07, 6.45) is 2.03. The van der Waals surface area contributed by atoms with E-state index in [-0.39, 0.29) is 0 Å². The summed E-state index contributed by atoms with van der Waals surface area (Å²) in [5, 5.41) is 7.06. The Kier molecular flexibility index (Phi) is 2.88. The number of hydrogen-bond donors (Lipinski definition) is 2. The summed E-state index contributed by atoms with van der Waals surface area (Å²) in [6, 6.07) is 0. The van der Waals surface area contributed by atoms with Crippen LogP contribution < -0.4 is 5.73 Å². The maximum Gasteiger partial charge on any atom is 0.0918 e. The molecule has 3 heteroatoms. The van der Waals surface area contributed by atoms with E-state index >= 15 is 0 Å². The lowest BCUT2D eigenvalue weighted by atomic mass is 10.2. The van der Waals surface area contributed by atoms with Gasteiger partial charge in [0.25, 0.3) is 0 Å². The van der Waals surface area contributed by atoms with Gasteiger partial charge in [-0.05, 0) is 18.9 Å². The second kappa shape index (κ2) is 3.72. The van der Waals surface area contributed by atoms with E-state index in [1.54, 1.807) is 0 Å². The van der Waals surface area contributed by atoms with Crippen LogP contribution in [0.1, 0.15) is 19.8 Å². The normalized spacial score (nSPS) is 25.7. The van der Waals surface area contributed by atoms with Crippen molar-refractivity contribution in [3.8, 4) is 0 Å². The van der Waals surface area contributed by atoms with Gasteiger partial charge in [0.05, 0.1) is 5.84 Å². The predicted molar refractivity (Wildman–Crippen MR) is 46.8 cm³/mol. The second-order valence-electron chi connectivity index (χ2n) is 3.47. The molecule has 1 aliphatic rings. The molecule has 64 valence electrons. The van der Waals surface area contributed by atoms with Crippen LogP contribution in [0.15, 0.2) is 0 Å². The van der Waals surface area contributed by atoms with E-state index in [1.807, 2.05) is 0 Å². The van der Waals surface area contributed by atoms with Crippen LogP contribution in [0.25, 0.3) is 0 Å². The first-order valence-electron chi connectivity index (χ1n) is 4.23.